The number of fused-ring (bicyclic) bond motifs is 1. The van der Waals surface area contributed by atoms with Gasteiger partial charge in [-0.25, -0.2) is 4.68 Å². The number of ketones is 1. The lowest BCUT2D eigenvalue weighted by Gasteiger charge is -2.38. The van der Waals surface area contributed by atoms with E-state index in [9.17, 15) is 4.79 Å². The van der Waals surface area contributed by atoms with Gasteiger partial charge in [-0.2, -0.15) is 4.98 Å². The largest absolute Gasteiger partial charge is 0.366 e. The molecule has 7 heteroatoms. The third kappa shape index (κ3) is 2.19. The van der Waals surface area contributed by atoms with Crippen LogP contribution in [0.2, 0.25) is 0 Å². The molecule has 1 aliphatic heterocycles. The molecule has 2 aromatic heterocycles. The summed E-state index contributed by atoms with van der Waals surface area (Å²) in [5, 5.41) is 7.53. The van der Waals surface area contributed by atoms with Gasteiger partial charge in [0.1, 0.15) is 6.04 Å². The van der Waals surface area contributed by atoms with Gasteiger partial charge in [0.2, 0.25) is 11.9 Å². The molecule has 0 fully saturated rings. The molecule has 0 saturated heterocycles. The molecular formula is C16H18N6O. The van der Waals surface area contributed by atoms with E-state index in [-0.39, 0.29) is 23.2 Å². The summed E-state index contributed by atoms with van der Waals surface area (Å²) in [6.07, 6.45) is 4.78. The molecule has 0 saturated carbocycles. The predicted octanol–water partition coefficient (Wildman–Crippen LogP) is 1.91. The van der Waals surface area contributed by atoms with Crippen LogP contribution in [0.4, 0.5) is 11.9 Å². The summed E-state index contributed by atoms with van der Waals surface area (Å²) < 4.78 is 1.68. The van der Waals surface area contributed by atoms with Crippen LogP contribution in [-0.2, 0) is 4.79 Å². The number of carbonyl (C=O) groups is 1. The lowest BCUT2D eigenvalue weighted by Crippen LogP contribution is -2.36. The normalized spacial score (nSPS) is 22.3. The van der Waals surface area contributed by atoms with E-state index in [2.05, 4.69) is 34.2 Å². The molecule has 3 N–H and O–H groups in total. The van der Waals surface area contributed by atoms with Crippen LogP contribution in [0.15, 0.2) is 35.8 Å². The van der Waals surface area contributed by atoms with Crippen LogP contribution >= 0.6 is 0 Å². The monoisotopic (exact) mass is 310 g/mol. The van der Waals surface area contributed by atoms with Crippen LogP contribution < -0.4 is 11.1 Å². The van der Waals surface area contributed by atoms with E-state index in [1.807, 2.05) is 12.1 Å². The van der Waals surface area contributed by atoms with E-state index >= 15 is 0 Å². The Bertz CT molecular complexity index is 820. The first-order chi connectivity index (χ1) is 10.9. The van der Waals surface area contributed by atoms with Crippen molar-refractivity contribution in [1.82, 2.24) is 19.7 Å². The highest BCUT2D eigenvalue weighted by Crippen LogP contribution is 2.45. The molecule has 118 valence electrons. The van der Waals surface area contributed by atoms with Crippen LogP contribution in [0.3, 0.4) is 0 Å². The number of anilines is 2. The van der Waals surface area contributed by atoms with Crippen LogP contribution in [0, 0.1) is 5.41 Å². The molecule has 0 unspecified atom stereocenters. The van der Waals surface area contributed by atoms with Gasteiger partial charge in [-0.1, -0.05) is 19.9 Å². The topological polar surface area (TPSA) is 98.7 Å². The summed E-state index contributed by atoms with van der Waals surface area (Å²) in [6, 6.07) is 3.47. The zero-order chi connectivity index (χ0) is 16.2. The smallest absolute Gasteiger partial charge is 0.241 e. The third-order valence-electron chi connectivity index (χ3n) is 4.35. The van der Waals surface area contributed by atoms with Gasteiger partial charge in [0, 0.05) is 30.1 Å². The molecule has 23 heavy (non-hydrogen) atoms. The fraction of sp³-hybridized carbons (Fsp3) is 0.375. The van der Waals surface area contributed by atoms with Crippen molar-refractivity contribution in [3.8, 4) is 0 Å². The van der Waals surface area contributed by atoms with Crippen molar-refractivity contribution in [2.45, 2.75) is 32.7 Å². The van der Waals surface area contributed by atoms with Crippen LogP contribution in [0.25, 0.3) is 0 Å². The lowest BCUT2D eigenvalue weighted by atomic mass is 9.73. The summed E-state index contributed by atoms with van der Waals surface area (Å²) in [6.45, 7) is 4.20. The summed E-state index contributed by atoms with van der Waals surface area (Å²) in [7, 11) is 0. The lowest BCUT2D eigenvalue weighted by molar-refractivity contribution is -0.118. The highest BCUT2D eigenvalue weighted by Gasteiger charge is 2.41. The van der Waals surface area contributed by atoms with Gasteiger partial charge in [-0.15, -0.1) is 5.10 Å². The van der Waals surface area contributed by atoms with Gasteiger partial charge in [0.15, 0.2) is 5.78 Å². The average molecular weight is 310 g/mol. The van der Waals surface area contributed by atoms with Crippen LogP contribution in [0.1, 0.15) is 38.3 Å². The molecular weight excluding hydrogens is 292 g/mol. The van der Waals surface area contributed by atoms with Crippen molar-refractivity contribution in [2.24, 2.45) is 5.41 Å². The number of nitrogen functional groups attached to an aromatic ring is 1. The number of nitrogens with two attached hydrogens (primary N) is 1. The molecule has 0 spiro atoms. The van der Waals surface area contributed by atoms with Gasteiger partial charge in [-0.3, -0.25) is 9.78 Å². The predicted molar refractivity (Wildman–Crippen MR) is 85.5 cm³/mol. The molecule has 0 aromatic carbocycles. The highest BCUT2D eigenvalue weighted by atomic mass is 16.1. The first-order valence-electron chi connectivity index (χ1n) is 7.60. The number of carbonyl (C=O) groups excluding carboxylic acids is 1. The Hall–Kier alpha value is -2.70. The SMILES string of the molecule is CC1(C)CC(=O)C2=C(C1)Nc1nc(N)nn1[C@@H]2c1cccnc1. The minimum Gasteiger partial charge on any atom is -0.366 e. The van der Waals surface area contributed by atoms with E-state index in [1.54, 1.807) is 17.1 Å². The van der Waals surface area contributed by atoms with Crippen molar-refractivity contribution in [3.05, 3.63) is 41.4 Å². The van der Waals surface area contributed by atoms with Gasteiger partial charge in [0.05, 0.1) is 0 Å². The maximum atomic E-state index is 12.8. The minimum absolute atomic E-state index is 0.0733. The van der Waals surface area contributed by atoms with Gasteiger partial charge < -0.3 is 11.1 Å². The van der Waals surface area contributed by atoms with Gasteiger partial charge in [0.25, 0.3) is 0 Å². The van der Waals surface area contributed by atoms with E-state index in [1.165, 1.54) is 0 Å². The maximum Gasteiger partial charge on any atom is 0.241 e. The summed E-state index contributed by atoms with van der Waals surface area (Å²) in [4.78, 5) is 21.3. The number of nitrogens with zero attached hydrogens (tertiary/aromatic N) is 4. The van der Waals surface area contributed by atoms with Crippen molar-refractivity contribution in [3.63, 3.8) is 0 Å². The van der Waals surface area contributed by atoms with Crippen molar-refractivity contribution >= 4 is 17.7 Å². The second-order valence-corrected chi connectivity index (χ2v) is 6.89. The summed E-state index contributed by atoms with van der Waals surface area (Å²) in [5.74, 6) is 0.894. The maximum absolute atomic E-state index is 12.8. The Kier molecular flexibility index (Phi) is 2.81. The number of pyridine rings is 1. The van der Waals surface area contributed by atoms with Crippen molar-refractivity contribution < 1.29 is 4.79 Å². The Morgan fingerprint density at radius 1 is 1.39 bits per heavy atom. The Labute approximate surface area is 133 Å². The molecule has 1 atom stereocenters. The van der Waals surface area contributed by atoms with E-state index in [0.717, 1.165) is 23.3 Å². The zero-order valence-electron chi connectivity index (χ0n) is 13.1. The van der Waals surface area contributed by atoms with E-state index in [4.69, 9.17) is 5.73 Å². The molecule has 1 aliphatic carbocycles. The average Bonchev–Trinajstić information content (AvgIpc) is 2.84. The highest BCUT2D eigenvalue weighted by molar-refractivity contribution is 6.00. The Morgan fingerprint density at radius 3 is 2.96 bits per heavy atom. The standard InChI is InChI=1S/C16H18N6O/c1-16(2)6-10-12(11(23)7-16)13(9-4-3-5-18-8-9)22-15(19-10)20-14(17)21-22/h3-5,8,13H,6-7H2,1-2H3,(H3,17,19,20,21)/t13-/m1/s1. The number of hydrogen-bond acceptors (Lipinski definition) is 6. The fourth-order valence-electron chi connectivity index (χ4n) is 3.47. The first kappa shape index (κ1) is 13.9. The number of Topliss-reactive ketones (excluding diaryl/α,β-unsaturated/α-hetero) is 1. The molecule has 3 heterocycles. The number of allylic oxidation sites excluding steroid dienone is 2. The second-order valence-electron chi connectivity index (χ2n) is 6.89. The van der Waals surface area contributed by atoms with Gasteiger partial charge >= 0.3 is 0 Å². The van der Waals surface area contributed by atoms with Crippen LogP contribution in [-0.4, -0.2) is 25.5 Å². The third-order valence-corrected chi connectivity index (χ3v) is 4.35. The molecule has 2 aromatic rings. The number of hydrogen-bond donors (Lipinski definition) is 2. The number of rotatable bonds is 1. The summed E-state index contributed by atoms with van der Waals surface area (Å²) in [5.41, 5.74) is 8.27. The van der Waals surface area contributed by atoms with Crippen molar-refractivity contribution in [1.29, 1.82) is 0 Å². The number of aromatic nitrogens is 4. The molecule has 7 nitrogen and oxygen atoms in total. The molecule has 0 amide bonds. The summed E-state index contributed by atoms with van der Waals surface area (Å²) >= 11 is 0. The van der Waals surface area contributed by atoms with Crippen molar-refractivity contribution in [2.75, 3.05) is 11.1 Å². The van der Waals surface area contributed by atoms with Crippen LogP contribution in [0.5, 0.6) is 0 Å². The molecule has 0 radical (unpaired) electrons. The minimum atomic E-state index is -0.330. The Morgan fingerprint density at radius 2 is 2.22 bits per heavy atom. The van der Waals surface area contributed by atoms with E-state index < -0.39 is 0 Å². The van der Waals surface area contributed by atoms with Gasteiger partial charge in [-0.05, 0) is 23.5 Å². The first-order valence-corrected chi connectivity index (χ1v) is 7.60. The molecule has 4 rings (SSSR count). The quantitative estimate of drug-likeness (QED) is 0.835. The Balaban J connectivity index is 1.92. The fourth-order valence-corrected chi connectivity index (χ4v) is 3.47. The van der Waals surface area contributed by atoms with E-state index in [0.29, 0.717) is 12.4 Å². The number of nitrogens with one attached hydrogen (secondary N) is 1. The zero-order valence-corrected chi connectivity index (χ0v) is 13.1. The molecule has 0 bridgehead atoms. The second kappa shape index (κ2) is 4.65. The molecule has 2 aliphatic rings.